The molecule has 164 valence electrons. The van der Waals surface area contributed by atoms with E-state index in [9.17, 15) is 9.90 Å². The van der Waals surface area contributed by atoms with E-state index in [1.807, 2.05) is 30.3 Å². The van der Waals surface area contributed by atoms with E-state index in [4.69, 9.17) is 0 Å². The molecule has 3 fully saturated rings. The molecule has 1 saturated heterocycles. The third-order valence-corrected chi connectivity index (χ3v) is 7.94. The van der Waals surface area contributed by atoms with Crippen molar-refractivity contribution in [3.05, 3.63) is 71.3 Å². The average molecular weight is 419 g/mol. The second-order valence-corrected chi connectivity index (χ2v) is 10.00. The maximum atomic E-state index is 13.3. The third-order valence-electron chi connectivity index (χ3n) is 7.94. The molecule has 3 unspecified atom stereocenters. The molecule has 0 radical (unpaired) electrons. The fourth-order valence-corrected chi connectivity index (χ4v) is 6.17. The van der Waals surface area contributed by atoms with Gasteiger partial charge in [0.05, 0.1) is 0 Å². The normalized spacial score (nSPS) is 27.6. The number of piperidine rings is 1. The quantitative estimate of drug-likeness (QED) is 0.718. The van der Waals surface area contributed by atoms with E-state index in [0.29, 0.717) is 24.3 Å². The van der Waals surface area contributed by atoms with Gasteiger partial charge in [-0.15, -0.1) is 0 Å². The maximum Gasteiger partial charge on any atom is 0.256 e. The lowest BCUT2D eigenvalue weighted by Crippen LogP contribution is -2.49. The van der Waals surface area contributed by atoms with Gasteiger partial charge in [0.25, 0.3) is 5.91 Å². The standard InChI is InChI=1S/C27H34N2O2/c1-19-8-7-9-20(14-19)16-29-17-24-23(25(24)18-29)15-28-26(30)27(31,22-12-5-6-13-22)21-10-3-2-4-11-21/h2-4,7-11,14,22-25,31H,5-6,12-13,15-18H2,1H3,(H,28,30). The van der Waals surface area contributed by atoms with Crippen LogP contribution in [-0.2, 0) is 16.9 Å². The Bertz CT molecular complexity index is 912. The number of fused-ring (bicyclic) bond motifs is 1. The lowest BCUT2D eigenvalue weighted by molar-refractivity contribution is -0.147. The van der Waals surface area contributed by atoms with Crippen LogP contribution >= 0.6 is 0 Å². The number of amides is 1. The minimum Gasteiger partial charge on any atom is -0.375 e. The minimum atomic E-state index is -1.40. The third kappa shape index (κ3) is 4.04. The summed E-state index contributed by atoms with van der Waals surface area (Å²) in [4.78, 5) is 15.8. The van der Waals surface area contributed by atoms with Gasteiger partial charge in [-0.05, 0) is 48.6 Å². The maximum absolute atomic E-state index is 13.3. The highest BCUT2D eigenvalue weighted by atomic mass is 16.3. The molecular weight excluding hydrogens is 384 g/mol. The molecule has 1 heterocycles. The molecule has 1 amide bonds. The zero-order valence-electron chi connectivity index (χ0n) is 18.5. The number of aliphatic hydroxyl groups is 1. The highest BCUT2D eigenvalue weighted by molar-refractivity contribution is 5.86. The molecule has 5 rings (SSSR count). The summed E-state index contributed by atoms with van der Waals surface area (Å²) in [6.45, 7) is 6.08. The number of benzene rings is 2. The Morgan fingerprint density at radius 2 is 1.77 bits per heavy atom. The van der Waals surface area contributed by atoms with Crippen LogP contribution in [0.25, 0.3) is 0 Å². The lowest BCUT2D eigenvalue weighted by Gasteiger charge is -2.33. The fraction of sp³-hybridized carbons (Fsp3) is 0.519. The summed E-state index contributed by atoms with van der Waals surface area (Å²) < 4.78 is 0. The molecule has 2 saturated carbocycles. The van der Waals surface area contributed by atoms with Gasteiger partial charge < -0.3 is 10.4 Å². The molecule has 2 aromatic rings. The summed E-state index contributed by atoms with van der Waals surface area (Å²) in [6.07, 6.45) is 4.02. The van der Waals surface area contributed by atoms with E-state index in [1.165, 1.54) is 11.1 Å². The van der Waals surface area contributed by atoms with Crippen LogP contribution in [0.15, 0.2) is 54.6 Å². The first kappa shape index (κ1) is 20.7. The van der Waals surface area contributed by atoms with Crippen LogP contribution in [0.2, 0.25) is 0 Å². The molecule has 3 aliphatic rings. The zero-order valence-corrected chi connectivity index (χ0v) is 18.5. The summed E-state index contributed by atoms with van der Waals surface area (Å²) >= 11 is 0. The van der Waals surface area contributed by atoms with Gasteiger partial charge in [0, 0.05) is 32.1 Å². The molecule has 2 aliphatic carbocycles. The number of rotatable bonds is 7. The Morgan fingerprint density at radius 1 is 1.06 bits per heavy atom. The molecule has 0 bridgehead atoms. The highest BCUT2D eigenvalue weighted by Gasteiger charge is 2.55. The first-order valence-corrected chi connectivity index (χ1v) is 11.9. The number of hydrogen-bond acceptors (Lipinski definition) is 3. The van der Waals surface area contributed by atoms with Gasteiger partial charge in [0.15, 0.2) is 5.60 Å². The van der Waals surface area contributed by atoms with Gasteiger partial charge in [0.2, 0.25) is 0 Å². The van der Waals surface area contributed by atoms with Crippen LogP contribution in [0.3, 0.4) is 0 Å². The molecule has 4 nitrogen and oxygen atoms in total. The highest BCUT2D eigenvalue weighted by Crippen LogP contribution is 2.51. The van der Waals surface area contributed by atoms with Crippen LogP contribution < -0.4 is 5.32 Å². The van der Waals surface area contributed by atoms with E-state index in [1.54, 1.807) is 0 Å². The molecule has 4 heteroatoms. The minimum absolute atomic E-state index is 0.0124. The van der Waals surface area contributed by atoms with Crippen molar-refractivity contribution in [3.8, 4) is 0 Å². The fourth-order valence-electron chi connectivity index (χ4n) is 6.17. The van der Waals surface area contributed by atoms with Crippen molar-refractivity contribution in [2.45, 2.75) is 44.8 Å². The van der Waals surface area contributed by atoms with E-state index in [0.717, 1.165) is 50.9 Å². The monoisotopic (exact) mass is 418 g/mol. The lowest BCUT2D eigenvalue weighted by atomic mass is 9.79. The van der Waals surface area contributed by atoms with E-state index in [-0.39, 0.29) is 11.8 Å². The summed E-state index contributed by atoms with van der Waals surface area (Å²) in [6, 6.07) is 18.3. The topological polar surface area (TPSA) is 52.6 Å². The summed E-state index contributed by atoms with van der Waals surface area (Å²) in [5.41, 5.74) is 2.03. The van der Waals surface area contributed by atoms with E-state index >= 15 is 0 Å². The largest absolute Gasteiger partial charge is 0.375 e. The molecule has 2 aromatic carbocycles. The smallest absolute Gasteiger partial charge is 0.256 e. The Hall–Kier alpha value is -2.17. The molecule has 0 spiro atoms. The van der Waals surface area contributed by atoms with Gasteiger partial charge in [-0.1, -0.05) is 73.0 Å². The zero-order chi connectivity index (χ0) is 21.4. The molecule has 2 N–H and O–H groups in total. The van der Waals surface area contributed by atoms with E-state index < -0.39 is 5.60 Å². The Morgan fingerprint density at radius 3 is 2.45 bits per heavy atom. The predicted octanol–water partition coefficient (Wildman–Crippen LogP) is 3.87. The predicted molar refractivity (Wildman–Crippen MR) is 122 cm³/mol. The van der Waals surface area contributed by atoms with Crippen molar-refractivity contribution in [2.24, 2.45) is 23.7 Å². The molecule has 0 aromatic heterocycles. The van der Waals surface area contributed by atoms with Crippen molar-refractivity contribution in [1.29, 1.82) is 0 Å². The number of nitrogens with one attached hydrogen (secondary N) is 1. The first-order chi connectivity index (χ1) is 15.1. The second-order valence-electron chi connectivity index (χ2n) is 10.00. The van der Waals surface area contributed by atoms with Gasteiger partial charge in [-0.3, -0.25) is 9.69 Å². The number of carbonyl (C=O) groups excluding carboxylic acids is 1. The average Bonchev–Trinajstić information content (AvgIpc) is 3.17. The Balaban J connectivity index is 1.17. The van der Waals surface area contributed by atoms with Crippen molar-refractivity contribution in [2.75, 3.05) is 19.6 Å². The van der Waals surface area contributed by atoms with Gasteiger partial charge in [0.1, 0.15) is 0 Å². The van der Waals surface area contributed by atoms with Crippen molar-refractivity contribution < 1.29 is 9.90 Å². The SMILES string of the molecule is Cc1cccc(CN2CC3C(CNC(=O)C(O)(c4ccccc4)C4CCCC4)C3C2)c1. The van der Waals surface area contributed by atoms with Crippen molar-refractivity contribution >= 4 is 5.91 Å². The summed E-state index contributed by atoms with van der Waals surface area (Å²) in [5, 5.41) is 14.7. The number of aryl methyl sites for hydroxylation is 1. The van der Waals surface area contributed by atoms with E-state index in [2.05, 4.69) is 41.4 Å². The van der Waals surface area contributed by atoms with Crippen molar-refractivity contribution in [3.63, 3.8) is 0 Å². The van der Waals surface area contributed by atoms with Gasteiger partial charge in [-0.25, -0.2) is 0 Å². The van der Waals surface area contributed by atoms with Gasteiger partial charge in [-0.2, -0.15) is 0 Å². The summed E-state index contributed by atoms with van der Waals surface area (Å²) in [7, 11) is 0. The first-order valence-electron chi connectivity index (χ1n) is 11.9. The molecule has 3 atom stereocenters. The number of hydrogen-bond donors (Lipinski definition) is 2. The van der Waals surface area contributed by atoms with Gasteiger partial charge >= 0.3 is 0 Å². The Kier molecular flexibility index (Phi) is 5.61. The van der Waals surface area contributed by atoms with Crippen molar-refractivity contribution in [1.82, 2.24) is 10.2 Å². The number of likely N-dealkylation sites (tertiary alicyclic amines) is 1. The molecule has 31 heavy (non-hydrogen) atoms. The van der Waals surface area contributed by atoms with Crippen LogP contribution in [0.1, 0.15) is 42.4 Å². The summed E-state index contributed by atoms with van der Waals surface area (Å²) in [5.74, 6) is 1.73. The van der Waals surface area contributed by atoms with Crippen LogP contribution in [0.5, 0.6) is 0 Å². The van der Waals surface area contributed by atoms with Crippen LogP contribution in [0.4, 0.5) is 0 Å². The second kappa shape index (κ2) is 8.40. The molecule has 1 aliphatic heterocycles. The Labute approximate surface area is 185 Å². The molecular formula is C27H34N2O2. The van der Waals surface area contributed by atoms with Crippen LogP contribution in [0, 0.1) is 30.6 Å². The number of nitrogens with zero attached hydrogens (tertiary/aromatic N) is 1. The van der Waals surface area contributed by atoms with Crippen LogP contribution in [-0.4, -0.2) is 35.5 Å². The number of carbonyl (C=O) groups is 1.